The first-order valence-electron chi connectivity index (χ1n) is 8.05. The van der Waals surface area contributed by atoms with Crippen LogP contribution in [0.2, 0.25) is 0 Å². The van der Waals surface area contributed by atoms with Crippen molar-refractivity contribution >= 4 is 105 Å². The van der Waals surface area contributed by atoms with Crippen LogP contribution in [-0.4, -0.2) is 19.1 Å². The molecule has 0 radical (unpaired) electrons. The fourth-order valence-corrected chi connectivity index (χ4v) is 8.27. The Morgan fingerprint density at radius 3 is 1.19 bits per heavy atom. The highest BCUT2D eigenvalue weighted by Gasteiger charge is 2.22. The molecule has 0 aliphatic carbocycles. The Morgan fingerprint density at radius 1 is 0.630 bits per heavy atom. The van der Waals surface area contributed by atoms with E-state index in [4.69, 9.17) is 0 Å². The number of benzene rings is 2. The minimum absolute atomic E-state index is 0.260. The van der Waals surface area contributed by atoms with Crippen LogP contribution in [0.5, 0.6) is 0 Å². The zero-order valence-corrected chi connectivity index (χ0v) is 24.4. The molecule has 0 aliphatic heterocycles. The van der Waals surface area contributed by atoms with Crippen molar-refractivity contribution in [2.75, 3.05) is 10.7 Å². The van der Waals surface area contributed by atoms with Crippen LogP contribution < -0.4 is 0 Å². The average Bonchev–Trinajstić information content (AvgIpc) is 2.60. The number of rotatable bonds is 8. The molecule has 2 aromatic rings. The number of alkyl halides is 2. The van der Waals surface area contributed by atoms with Crippen molar-refractivity contribution in [2.24, 2.45) is 0 Å². The monoisotopic (exact) mass is 770 g/mol. The predicted octanol–water partition coefficient (Wildman–Crippen LogP) is 8.22. The van der Waals surface area contributed by atoms with Crippen LogP contribution >= 0.6 is 95.6 Å². The Kier molecular flexibility index (Phi) is 10.0. The lowest BCUT2D eigenvalue weighted by Gasteiger charge is -2.13. The lowest BCUT2D eigenvalue weighted by atomic mass is 10.1. The van der Waals surface area contributed by atoms with E-state index in [0.717, 1.165) is 65.4 Å². The van der Waals surface area contributed by atoms with Gasteiger partial charge in [-0.05, 0) is 61.1 Å². The molecular weight excluding hydrogens is 760 g/mol. The lowest BCUT2D eigenvalue weighted by Crippen LogP contribution is -2.05. The molecule has 0 atom stereocenters. The quantitative estimate of drug-likeness (QED) is 0.254. The second-order valence-corrected chi connectivity index (χ2v) is 12.8. The first-order valence-corrected chi connectivity index (χ1v) is 14.9. The Balaban J connectivity index is 2.47. The van der Waals surface area contributed by atoms with Crippen LogP contribution in [0.15, 0.2) is 51.9 Å². The molecule has 2 aromatic carbocycles. The highest BCUT2D eigenvalue weighted by molar-refractivity contribution is 9.11. The average molecular weight is 776 g/mol. The summed E-state index contributed by atoms with van der Waals surface area (Å²) in [6.45, 7) is 0. The maximum absolute atomic E-state index is 13.2. The van der Waals surface area contributed by atoms with Gasteiger partial charge in [-0.25, -0.2) is 8.42 Å². The predicted molar refractivity (Wildman–Crippen MR) is 133 cm³/mol. The minimum atomic E-state index is -3.64. The number of hydrogen-bond acceptors (Lipinski definition) is 2. The van der Waals surface area contributed by atoms with Crippen molar-refractivity contribution < 1.29 is 8.42 Å². The molecule has 0 N–H and O–H groups in total. The number of hydrogen-bond donors (Lipinski definition) is 0. The van der Waals surface area contributed by atoms with Gasteiger partial charge in [0.2, 0.25) is 9.84 Å². The molecule has 9 heteroatoms. The SMILES string of the molecule is O=S(=O)(c1cc(Br)c(CCCBr)c(Br)c1)c1cc(Br)c(CCCBr)c(Br)c1. The van der Waals surface area contributed by atoms with Crippen LogP contribution in [0.1, 0.15) is 24.0 Å². The Bertz CT molecular complexity index is 812. The smallest absolute Gasteiger partial charge is 0.206 e. The topological polar surface area (TPSA) is 34.1 Å². The molecule has 0 aromatic heterocycles. The molecule has 0 saturated heterocycles. The van der Waals surface area contributed by atoms with E-state index in [9.17, 15) is 8.42 Å². The first kappa shape index (κ1) is 24.5. The molecule has 0 heterocycles. The van der Waals surface area contributed by atoms with Crippen LogP contribution in [0.4, 0.5) is 0 Å². The van der Waals surface area contributed by atoms with E-state index < -0.39 is 9.84 Å². The van der Waals surface area contributed by atoms with Gasteiger partial charge >= 0.3 is 0 Å². The Morgan fingerprint density at radius 2 is 0.926 bits per heavy atom. The third-order valence-electron chi connectivity index (χ3n) is 3.97. The molecule has 0 bridgehead atoms. The molecule has 0 saturated carbocycles. The van der Waals surface area contributed by atoms with Gasteiger partial charge in [-0.3, -0.25) is 0 Å². The van der Waals surface area contributed by atoms with Gasteiger partial charge in [0.25, 0.3) is 0 Å². The summed E-state index contributed by atoms with van der Waals surface area (Å²) >= 11 is 21.0. The summed E-state index contributed by atoms with van der Waals surface area (Å²) in [4.78, 5) is 0.520. The highest BCUT2D eigenvalue weighted by Crippen LogP contribution is 2.36. The highest BCUT2D eigenvalue weighted by atomic mass is 79.9. The summed E-state index contributed by atoms with van der Waals surface area (Å²) in [5, 5.41) is 1.80. The summed E-state index contributed by atoms with van der Waals surface area (Å²) in [7, 11) is -3.64. The van der Waals surface area contributed by atoms with Crippen LogP contribution in [0.25, 0.3) is 0 Å². The summed E-state index contributed by atoms with van der Waals surface area (Å²) in [6.07, 6.45) is 3.65. The maximum atomic E-state index is 13.2. The zero-order valence-electron chi connectivity index (χ0n) is 14.0. The van der Waals surface area contributed by atoms with E-state index >= 15 is 0 Å². The molecule has 2 rings (SSSR count). The fraction of sp³-hybridized carbons (Fsp3) is 0.333. The van der Waals surface area contributed by atoms with Gasteiger partial charge in [0, 0.05) is 28.6 Å². The Hall–Kier alpha value is 1.27. The summed E-state index contributed by atoms with van der Waals surface area (Å²) < 4.78 is 29.6. The van der Waals surface area contributed by atoms with E-state index in [0.29, 0.717) is 0 Å². The molecule has 27 heavy (non-hydrogen) atoms. The van der Waals surface area contributed by atoms with Gasteiger partial charge in [-0.1, -0.05) is 95.6 Å². The first-order chi connectivity index (χ1) is 12.7. The molecule has 2 nitrogen and oxygen atoms in total. The van der Waals surface area contributed by atoms with E-state index in [1.54, 1.807) is 24.3 Å². The van der Waals surface area contributed by atoms with Crippen molar-refractivity contribution in [3.63, 3.8) is 0 Å². The van der Waals surface area contributed by atoms with Crippen LogP contribution in [-0.2, 0) is 22.7 Å². The third kappa shape index (κ3) is 6.14. The Labute approximate surface area is 211 Å². The maximum Gasteiger partial charge on any atom is 0.206 e. The summed E-state index contributed by atoms with van der Waals surface area (Å²) in [5.74, 6) is 0. The second kappa shape index (κ2) is 11.0. The fourth-order valence-electron chi connectivity index (χ4n) is 2.57. The van der Waals surface area contributed by atoms with E-state index in [1.165, 1.54) is 0 Å². The zero-order chi connectivity index (χ0) is 20.2. The number of sulfone groups is 1. The standard InChI is InChI=1S/C18H16Br6O2S/c19-5-1-3-13-15(21)7-11(8-16(13)22)27(25,26)12-9-17(23)14(4-2-6-20)18(24)10-12/h7-10H,1-6H2. The molecular formula is C18H16Br6O2S. The summed E-state index contributed by atoms with van der Waals surface area (Å²) in [6, 6.07) is 6.74. The van der Waals surface area contributed by atoms with Crippen LogP contribution in [0.3, 0.4) is 0 Å². The minimum Gasteiger partial charge on any atom is -0.219 e. The molecule has 0 amide bonds. The van der Waals surface area contributed by atoms with E-state index in [2.05, 4.69) is 95.6 Å². The van der Waals surface area contributed by atoms with Crippen molar-refractivity contribution in [1.82, 2.24) is 0 Å². The lowest BCUT2D eigenvalue weighted by molar-refractivity contribution is 0.595. The van der Waals surface area contributed by atoms with Gasteiger partial charge < -0.3 is 0 Å². The van der Waals surface area contributed by atoms with Crippen LogP contribution in [0, 0.1) is 0 Å². The normalized spacial score (nSPS) is 11.8. The van der Waals surface area contributed by atoms with E-state index in [-0.39, 0.29) is 9.79 Å². The summed E-state index contributed by atoms with van der Waals surface area (Å²) in [5.41, 5.74) is 2.14. The van der Waals surface area contributed by atoms with Crippen molar-refractivity contribution in [2.45, 2.75) is 35.5 Å². The number of halogens is 6. The second-order valence-electron chi connectivity index (χ2n) is 5.82. The largest absolute Gasteiger partial charge is 0.219 e. The van der Waals surface area contributed by atoms with Gasteiger partial charge in [-0.15, -0.1) is 0 Å². The van der Waals surface area contributed by atoms with Crippen molar-refractivity contribution in [1.29, 1.82) is 0 Å². The molecule has 0 unspecified atom stereocenters. The molecule has 0 fully saturated rings. The third-order valence-corrected chi connectivity index (χ3v) is 9.63. The molecule has 0 spiro atoms. The van der Waals surface area contributed by atoms with Gasteiger partial charge in [0.05, 0.1) is 9.79 Å². The van der Waals surface area contributed by atoms with Crippen molar-refractivity contribution in [3.05, 3.63) is 53.3 Å². The van der Waals surface area contributed by atoms with E-state index in [1.807, 2.05) is 0 Å². The van der Waals surface area contributed by atoms with Crippen molar-refractivity contribution in [3.8, 4) is 0 Å². The van der Waals surface area contributed by atoms with Gasteiger partial charge in [-0.2, -0.15) is 0 Å². The van der Waals surface area contributed by atoms with Gasteiger partial charge in [0.1, 0.15) is 0 Å². The van der Waals surface area contributed by atoms with Gasteiger partial charge in [0.15, 0.2) is 0 Å². The molecule has 148 valence electrons. The molecule has 0 aliphatic rings.